The largest absolute Gasteiger partial charge is 0.494 e. The molecule has 0 saturated carbocycles. The van der Waals surface area contributed by atoms with E-state index in [0.717, 1.165) is 0 Å². The van der Waals surface area contributed by atoms with Crippen molar-refractivity contribution in [3.63, 3.8) is 0 Å². The average Bonchev–Trinajstić information content (AvgIpc) is 3.29. The van der Waals surface area contributed by atoms with Crippen LogP contribution in [0, 0.1) is 11.3 Å². The molecule has 0 atom stereocenters. The van der Waals surface area contributed by atoms with E-state index >= 15 is 0 Å². The highest BCUT2D eigenvalue weighted by Crippen LogP contribution is 2.26. The molecule has 2 aromatic heterocycles. The minimum atomic E-state index is 0.206. The predicted molar refractivity (Wildman–Crippen MR) is 77.1 cm³/mol. The summed E-state index contributed by atoms with van der Waals surface area (Å²) in [5.74, 6) is 0.769. The van der Waals surface area contributed by atoms with Gasteiger partial charge in [-0.05, 0) is 27.8 Å². The number of allylic oxidation sites excluding steroid dienone is 1. The molecule has 2 N–H and O–H groups in total. The lowest BCUT2D eigenvalue weighted by Crippen LogP contribution is -2.00. The maximum absolute atomic E-state index is 9.12. The minimum Gasteiger partial charge on any atom is -0.494 e. The van der Waals surface area contributed by atoms with Crippen LogP contribution in [0.15, 0.2) is 30.7 Å². The first kappa shape index (κ1) is 14.1. The second kappa shape index (κ2) is 6.31. The van der Waals surface area contributed by atoms with Crippen molar-refractivity contribution in [1.82, 2.24) is 40.8 Å². The van der Waals surface area contributed by atoms with Gasteiger partial charge in [0.05, 0.1) is 7.11 Å². The molecule has 11 nitrogen and oxygen atoms in total. The molecule has 23 heavy (non-hydrogen) atoms. The number of ether oxygens (including phenoxy) is 1. The highest BCUT2D eigenvalue weighted by Gasteiger charge is 2.09. The zero-order valence-electron chi connectivity index (χ0n) is 11.9. The normalized spacial score (nSPS) is 11.0. The Morgan fingerprint density at radius 1 is 1.48 bits per heavy atom. The molecular formula is C12H10N10O. The van der Waals surface area contributed by atoms with E-state index in [1.54, 1.807) is 25.3 Å². The van der Waals surface area contributed by atoms with Crippen molar-refractivity contribution < 1.29 is 4.74 Å². The topological polar surface area (TPSA) is 143 Å². The summed E-state index contributed by atoms with van der Waals surface area (Å²) in [7, 11) is 1.54. The molecule has 0 aliphatic carbocycles. The van der Waals surface area contributed by atoms with Crippen LogP contribution in [0.3, 0.4) is 0 Å². The molecule has 0 radical (unpaired) electrons. The maximum atomic E-state index is 9.12. The van der Waals surface area contributed by atoms with Crippen LogP contribution in [0.25, 0.3) is 11.3 Å². The summed E-state index contributed by atoms with van der Waals surface area (Å²) < 4.78 is 6.82. The lowest BCUT2D eigenvalue weighted by atomic mass is 10.2. The molecule has 0 bridgehead atoms. The molecule has 0 saturated heterocycles. The number of methoxy groups -OCH3 is 1. The standard InChI is InChI=1S/C12H10N10O/c1-23-11-4-9(2-3-10(11)22-7-15-18-21-22)14-6-8(5-13)12-16-19-20-17-12/h2-4,6-7,14H,1H3,(H,16,17,19,20). The summed E-state index contributed by atoms with van der Waals surface area (Å²) in [5, 5.41) is 36.3. The number of tetrazole rings is 2. The number of benzene rings is 1. The van der Waals surface area contributed by atoms with E-state index < -0.39 is 0 Å². The van der Waals surface area contributed by atoms with Gasteiger partial charge in [-0.3, -0.25) is 0 Å². The third kappa shape index (κ3) is 2.95. The Labute approximate surface area is 129 Å². The monoisotopic (exact) mass is 310 g/mol. The van der Waals surface area contributed by atoms with Crippen molar-refractivity contribution in [3.8, 4) is 17.5 Å². The van der Waals surface area contributed by atoms with Crippen molar-refractivity contribution in [3.05, 3.63) is 36.6 Å². The molecule has 0 fully saturated rings. The Morgan fingerprint density at radius 2 is 2.39 bits per heavy atom. The number of anilines is 1. The molecule has 0 amide bonds. The second-order valence-electron chi connectivity index (χ2n) is 4.19. The fourth-order valence-corrected chi connectivity index (χ4v) is 1.81. The van der Waals surface area contributed by atoms with Crippen LogP contribution >= 0.6 is 0 Å². The van der Waals surface area contributed by atoms with Crippen molar-refractivity contribution in [2.75, 3.05) is 12.4 Å². The Hall–Kier alpha value is -3.81. The number of aromatic amines is 1. The first-order valence-corrected chi connectivity index (χ1v) is 6.34. The molecule has 2 heterocycles. The zero-order chi connectivity index (χ0) is 16.1. The number of hydrogen-bond acceptors (Lipinski definition) is 9. The molecule has 3 aromatic rings. The molecule has 11 heteroatoms. The summed E-state index contributed by atoms with van der Waals surface area (Å²) in [6, 6.07) is 7.31. The van der Waals surface area contributed by atoms with E-state index in [9.17, 15) is 0 Å². The molecule has 0 unspecified atom stereocenters. The van der Waals surface area contributed by atoms with Gasteiger partial charge in [-0.25, -0.2) is 0 Å². The van der Waals surface area contributed by atoms with Crippen LogP contribution in [0.5, 0.6) is 5.75 Å². The SMILES string of the molecule is COc1cc(NC=C(C#N)c2nn[nH]n2)ccc1-n1cnnn1. The van der Waals surface area contributed by atoms with Gasteiger partial charge in [0.15, 0.2) is 0 Å². The lowest BCUT2D eigenvalue weighted by Gasteiger charge is -2.09. The number of nitrogens with zero attached hydrogens (tertiary/aromatic N) is 8. The number of rotatable bonds is 5. The predicted octanol–water partition coefficient (Wildman–Crippen LogP) is 0.161. The van der Waals surface area contributed by atoms with Gasteiger partial charge >= 0.3 is 0 Å². The van der Waals surface area contributed by atoms with Gasteiger partial charge < -0.3 is 10.1 Å². The Morgan fingerprint density at radius 3 is 3.04 bits per heavy atom. The molecule has 1 aromatic carbocycles. The van der Waals surface area contributed by atoms with E-state index in [2.05, 4.69) is 41.5 Å². The number of nitriles is 1. The third-order valence-electron chi connectivity index (χ3n) is 2.87. The smallest absolute Gasteiger partial charge is 0.216 e. The van der Waals surface area contributed by atoms with Crippen molar-refractivity contribution in [2.45, 2.75) is 0 Å². The number of hydrogen-bond donors (Lipinski definition) is 2. The van der Waals surface area contributed by atoms with Gasteiger partial charge in [-0.2, -0.15) is 15.2 Å². The number of aromatic nitrogens is 8. The summed E-state index contributed by atoms with van der Waals surface area (Å²) in [4.78, 5) is 0. The number of H-pyrrole nitrogens is 1. The summed E-state index contributed by atoms with van der Waals surface area (Å²) in [6.07, 6.45) is 2.95. The molecular weight excluding hydrogens is 300 g/mol. The van der Waals surface area contributed by atoms with Gasteiger partial charge in [-0.15, -0.1) is 15.3 Å². The summed E-state index contributed by atoms with van der Waals surface area (Å²) >= 11 is 0. The van der Waals surface area contributed by atoms with Crippen LogP contribution in [0.1, 0.15) is 5.82 Å². The van der Waals surface area contributed by atoms with E-state index in [4.69, 9.17) is 10.00 Å². The lowest BCUT2D eigenvalue weighted by molar-refractivity contribution is 0.411. The first-order valence-electron chi connectivity index (χ1n) is 6.34. The molecule has 0 spiro atoms. The van der Waals surface area contributed by atoms with Crippen molar-refractivity contribution >= 4 is 11.3 Å². The average molecular weight is 310 g/mol. The number of nitrogens with one attached hydrogen (secondary N) is 2. The Kier molecular flexibility index (Phi) is 3.88. The van der Waals surface area contributed by atoms with Crippen molar-refractivity contribution in [1.29, 1.82) is 5.26 Å². The molecule has 3 rings (SSSR count). The van der Waals surface area contributed by atoms with Gasteiger partial charge in [0.2, 0.25) is 5.82 Å². The minimum absolute atomic E-state index is 0.206. The third-order valence-corrected chi connectivity index (χ3v) is 2.87. The van der Waals surface area contributed by atoms with Gasteiger partial charge in [0, 0.05) is 18.0 Å². The van der Waals surface area contributed by atoms with E-state index in [-0.39, 0.29) is 11.4 Å². The van der Waals surface area contributed by atoms with Gasteiger partial charge in [0.25, 0.3) is 0 Å². The van der Waals surface area contributed by atoms with E-state index in [1.165, 1.54) is 17.2 Å². The van der Waals surface area contributed by atoms with Crippen LogP contribution < -0.4 is 10.1 Å². The maximum Gasteiger partial charge on any atom is 0.216 e. The Bertz CT molecular complexity index is 847. The summed E-state index contributed by atoms with van der Waals surface area (Å²) in [6.45, 7) is 0. The van der Waals surface area contributed by atoms with E-state index in [1.807, 2.05) is 6.07 Å². The van der Waals surface area contributed by atoms with Gasteiger partial charge in [-0.1, -0.05) is 0 Å². The first-order chi connectivity index (χ1) is 11.3. The second-order valence-corrected chi connectivity index (χ2v) is 4.19. The summed E-state index contributed by atoms with van der Waals surface area (Å²) in [5.41, 5.74) is 1.63. The van der Waals surface area contributed by atoms with Crippen LogP contribution in [0.4, 0.5) is 5.69 Å². The molecule has 0 aliphatic rings. The fraction of sp³-hybridized carbons (Fsp3) is 0.0833. The fourth-order valence-electron chi connectivity index (χ4n) is 1.81. The van der Waals surface area contributed by atoms with E-state index in [0.29, 0.717) is 17.1 Å². The van der Waals surface area contributed by atoms with Crippen LogP contribution in [-0.4, -0.2) is 47.9 Å². The Balaban J connectivity index is 1.86. The van der Waals surface area contributed by atoms with Crippen molar-refractivity contribution in [2.24, 2.45) is 0 Å². The highest BCUT2D eigenvalue weighted by atomic mass is 16.5. The zero-order valence-corrected chi connectivity index (χ0v) is 11.9. The quantitative estimate of drug-likeness (QED) is 0.629. The molecule has 114 valence electrons. The van der Waals surface area contributed by atoms with Gasteiger partial charge in [0.1, 0.15) is 29.4 Å². The molecule has 0 aliphatic heterocycles. The highest BCUT2D eigenvalue weighted by molar-refractivity contribution is 5.74. The van der Waals surface area contributed by atoms with Crippen LogP contribution in [-0.2, 0) is 0 Å². The van der Waals surface area contributed by atoms with Crippen LogP contribution in [0.2, 0.25) is 0 Å².